The number of hydrogen-bond acceptors (Lipinski definition) is 3. The van der Waals surface area contributed by atoms with Crippen molar-refractivity contribution in [2.75, 3.05) is 18.0 Å². The molecule has 1 aromatic heterocycles. The standard InChI is InChI=1S/C20H23N3O2S/c24-19(15-7-9-16(10-8-15)23-12-11-21-20(23)25)22-18(14-4-1-2-5-14)17-6-3-13-26-17/h3,6-10,13-14,18H,1-2,4-5,11-12H2,(H,21,25)(H,22,24)/t18-/m1/s1. The fraction of sp³-hybridized carbons (Fsp3) is 0.400. The van der Waals surface area contributed by atoms with E-state index in [9.17, 15) is 9.59 Å². The predicted octanol–water partition coefficient (Wildman–Crippen LogP) is 3.94. The first kappa shape index (κ1) is 17.1. The third-order valence-corrected chi connectivity index (χ3v) is 6.26. The molecule has 1 atom stereocenters. The molecule has 4 rings (SSSR count). The molecule has 0 spiro atoms. The molecule has 1 aromatic carbocycles. The van der Waals surface area contributed by atoms with E-state index in [-0.39, 0.29) is 18.0 Å². The third kappa shape index (κ3) is 3.46. The lowest BCUT2D eigenvalue weighted by Crippen LogP contribution is -2.32. The molecule has 136 valence electrons. The molecule has 2 heterocycles. The normalized spacial score (nSPS) is 18.8. The van der Waals surface area contributed by atoms with Crippen molar-refractivity contribution in [1.82, 2.24) is 10.6 Å². The van der Waals surface area contributed by atoms with Gasteiger partial charge in [-0.3, -0.25) is 9.69 Å². The van der Waals surface area contributed by atoms with E-state index in [1.165, 1.54) is 30.6 Å². The average Bonchev–Trinajstić information content (AvgIpc) is 3.42. The number of carbonyl (C=O) groups excluding carboxylic acids is 2. The zero-order chi connectivity index (χ0) is 17.9. The first-order chi connectivity index (χ1) is 12.7. The molecule has 1 saturated heterocycles. The van der Waals surface area contributed by atoms with E-state index in [0.717, 1.165) is 5.69 Å². The Kier molecular flexibility index (Phi) is 4.93. The summed E-state index contributed by atoms with van der Waals surface area (Å²) >= 11 is 1.71. The molecule has 1 saturated carbocycles. The van der Waals surface area contributed by atoms with Crippen LogP contribution in [0.4, 0.5) is 10.5 Å². The molecular weight excluding hydrogens is 346 g/mol. The maximum absolute atomic E-state index is 12.8. The minimum absolute atomic E-state index is 0.0484. The van der Waals surface area contributed by atoms with Gasteiger partial charge < -0.3 is 10.6 Å². The van der Waals surface area contributed by atoms with Crippen LogP contribution in [-0.4, -0.2) is 25.0 Å². The van der Waals surface area contributed by atoms with Gasteiger partial charge in [-0.1, -0.05) is 18.9 Å². The molecule has 2 N–H and O–H groups in total. The van der Waals surface area contributed by atoms with E-state index in [1.54, 1.807) is 28.4 Å². The number of nitrogens with one attached hydrogen (secondary N) is 2. The van der Waals surface area contributed by atoms with Crippen molar-refractivity contribution >= 4 is 29.0 Å². The quantitative estimate of drug-likeness (QED) is 0.839. The first-order valence-electron chi connectivity index (χ1n) is 9.22. The summed E-state index contributed by atoms with van der Waals surface area (Å²) in [7, 11) is 0. The highest BCUT2D eigenvalue weighted by Gasteiger charge is 2.29. The topological polar surface area (TPSA) is 61.4 Å². The number of anilines is 1. The lowest BCUT2D eigenvalue weighted by molar-refractivity contribution is 0.0923. The van der Waals surface area contributed by atoms with Crippen LogP contribution in [-0.2, 0) is 0 Å². The molecule has 2 aliphatic rings. The van der Waals surface area contributed by atoms with Crippen molar-refractivity contribution in [2.45, 2.75) is 31.7 Å². The summed E-state index contributed by atoms with van der Waals surface area (Å²) in [5.41, 5.74) is 1.45. The molecule has 26 heavy (non-hydrogen) atoms. The van der Waals surface area contributed by atoms with Crippen LogP contribution in [0.2, 0.25) is 0 Å². The van der Waals surface area contributed by atoms with Crippen LogP contribution >= 0.6 is 11.3 Å². The summed E-state index contributed by atoms with van der Waals surface area (Å²) in [5.74, 6) is 0.470. The Balaban J connectivity index is 1.48. The number of amides is 3. The number of rotatable bonds is 5. The Morgan fingerprint density at radius 1 is 1.19 bits per heavy atom. The van der Waals surface area contributed by atoms with Crippen molar-refractivity contribution in [3.05, 3.63) is 52.2 Å². The van der Waals surface area contributed by atoms with Gasteiger partial charge in [0.2, 0.25) is 0 Å². The summed E-state index contributed by atoms with van der Waals surface area (Å²) in [5, 5.41) is 8.11. The summed E-state index contributed by atoms with van der Waals surface area (Å²) in [6.45, 7) is 1.32. The van der Waals surface area contributed by atoms with Crippen LogP contribution in [0.25, 0.3) is 0 Å². The van der Waals surface area contributed by atoms with E-state index < -0.39 is 0 Å². The summed E-state index contributed by atoms with van der Waals surface area (Å²) in [4.78, 5) is 27.5. The SMILES string of the molecule is O=C(N[C@@H](c1cccs1)C1CCCC1)c1ccc(N2CCNC2=O)cc1. The molecule has 1 aliphatic carbocycles. The molecule has 0 unspecified atom stereocenters. The Bertz CT molecular complexity index is 767. The second kappa shape index (κ2) is 7.50. The van der Waals surface area contributed by atoms with Gasteiger partial charge in [0, 0.05) is 29.2 Å². The number of urea groups is 1. The molecule has 0 bridgehead atoms. The first-order valence-corrected chi connectivity index (χ1v) is 10.1. The van der Waals surface area contributed by atoms with E-state index in [1.807, 2.05) is 18.2 Å². The van der Waals surface area contributed by atoms with Crippen LogP contribution in [0.3, 0.4) is 0 Å². The van der Waals surface area contributed by atoms with Crippen LogP contribution in [0.15, 0.2) is 41.8 Å². The van der Waals surface area contributed by atoms with Crippen LogP contribution < -0.4 is 15.5 Å². The Morgan fingerprint density at radius 3 is 2.58 bits per heavy atom. The van der Waals surface area contributed by atoms with E-state index in [4.69, 9.17) is 0 Å². The van der Waals surface area contributed by atoms with Crippen molar-refractivity contribution in [3.8, 4) is 0 Å². The largest absolute Gasteiger partial charge is 0.344 e. The molecule has 1 aliphatic heterocycles. The summed E-state index contributed by atoms with van der Waals surface area (Å²) < 4.78 is 0. The molecule has 3 amide bonds. The Morgan fingerprint density at radius 2 is 1.96 bits per heavy atom. The second-order valence-electron chi connectivity index (χ2n) is 6.94. The summed E-state index contributed by atoms with van der Waals surface area (Å²) in [6.07, 6.45) is 4.84. The number of carbonyl (C=O) groups is 2. The minimum atomic E-state index is -0.0822. The maximum atomic E-state index is 12.8. The highest BCUT2D eigenvalue weighted by Crippen LogP contribution is 2.37. The molecule has 2 aromatic rings. The molecule has 0 radical (unpaired) electrons. The number of benzene rings is 1. The molecule has 6 heteroatoms. The van der Waals surface area contributed by atoms with Gasteiger partial charge in [-0.05, 0) is 54.5 Å². The monoisotopic (exact) mass is 369 g/mol. The van der Waals surface area contributed by atoms with Gasteiger partial charge in [0.25, 0.3) is 5.91 Å². The molecule has 2 fully saturated rings. The van der Waals surface area contributed by atoms with E-state index >= 15 is 0 Å². The lowest BCUT2D eigenvalue weighted by atomic mass is 9.96. The summed E-state index contributed by atoms with van der Waals surface area (Å²) in [6, 6.07) is 11.5. The van der Waals surface area contributed by atoms with Crippen molar-refractivity contribution < 1.29 is 9.59 Å². The van der Waals surface area contributed by atoms with Gasteiger partial charge in [-0.25, -0.2) is 4.79 Å². The lowest BCUT2D eigenvalue weighted by Gasteiger charge is -2.24. The maximum Gasteiger partial charge on any atom is 0.321 e. The van der Waals surface area contributed by atoms with Crippen molar-refractivity contribution in [3.63, 3.8) is 0 Å². The van der Waals surface area contributed by atoms with Gasteiger partial charge in [0.1, 0.15) is 0 Å². The fourth-order valence-corrected chi connectivity index (χ4v) is 4.78. The van der Waals surface area contributed by atoms with E-state index in [2.05, 4.69) is 22.1 Å². The third-order valence-electron chi connectivity index (χ3n) is 5.31. The predicted molar refractivity (Wildman–Crippen MR) is 104 cm³/mol. The van der Waals surface area contributed by atoms with Gasteiger partial charge in [0.05, 0.1) is 6.04 Å². The van der Waals surface area contributed by atoms with Gasteiger partial charge in [-0.2, -0.15) is 0 Å². The van der Waals surface area contributed by atoms with Crippen LogP contribution in [0.5, 0.6) is 0 Å². The molecule has 5 nitrogen and oxygen atoms in total. The zero-order valence-corrected chi connectivity index (χ0v) is 15.4. The Labute approximate surface area is 157 Å². The molecular formula is C20H23N3O2S. The number of thiophene rings is 1. The van der Waals surface area contributed by atoms with Crippen molar-refractivity contribution in [1.29, 1.82) is 0 Å². The van der Waals surface area contributed by atoms with Gasteiger partial charge in [0.15, 0.2) is 0 Å². The Hall–Kier alpha value is -2.34. The fourth-order valence-electron chi connectivity index (χ4n) is 3.92. The van der Waals surface area contributed by atoms with E-state index in [0.29, 0.717) is 24.6 Å². The average molecular weight is 369 g/mol. The van der Waals surface area contributed by atoms with Crippen LogP contribution in [0.1, 0.15) is 47.0 Å². The smallest absolute Gasteiger partial charge is 0.321 e. The number of hydrogen-bond donors (Lipinski definition) is 2. The number of nitrogens with zero attached hydrogens (tertiary/aromatic N) is 1. The van der Waals surface area contributed by atoms with Crippen LogP contribution in [0, 0.1) is 5.92 Å². The minimum Gasteiger partial charge on any atom is -0.344 e. The highest BCUT2D eigenvalue weighted by atomic mass is 32.1. The van der Waals surface area contributed by atoms with Gasteiger partial charge >= 0.3 is 6.03 Å². The zero-order valence-electron chi connectivity index (χ0n) is 14.6. The van der Waals surface area contributed by atoms with Crippen molar-refractivity contribution in [2.24, 2.45) is 5.92 Å². The highest BCUT2D eigenvalue weighted by molar-refractivity contribution is 7.10. The second-order valence-corrected chi connectivity index (χ2v) is 7.92. The van der Waals surface area contributed by atoms with Gasteiger partial charge in [-0.15, -0.1) is 11.3 Å².